The molecule has 1 atom stereocenters. The van der Waals surface area contributed by atoms with E-state index in [0.717, 1.165) is 6.26 Å². The van der Waals surface area contributed by atoms with Gasteiger partial charge < -0.3 is 10.4 Å². The van der Waals surface area contributed by atoms with E-state index in [9.17, 15) is 18.3 Å². The Balaban J connectivity index is 2.10. The van der Waals surface area contributed by atoms with Crippen molar-refractivity contribution in [1.82, 2.24) is 9.62 Å². The quantitative estimate of drug-likeness (QED) is 0.870. The average molecular weight is 333 g/mol. The number of halogens is 1. The second-order valence-electron chi connectivity index (χ2n) is 5.07. The summed E-state index contributed by atoms with van der Waals surface area (Å²) in [6.45, 7) is 0.693. The molecule has 6 nitrogen and oxygen atoms in total. The molecule has 0 aliphatic carbocycles. The minimum Gasteiger partial charge on any atom is -0.507 e. The predicted octanol–water partition coefficient (Wildman–Crippen LogP) is 1.20. The second-order valence-corrected chi connectivity index (χ2v) is 7.46. The number of nitrogens with one attached hydrogen (secondary N) is 1. The van der Waals surface area contributed by atoms with E-state index in [-0.39, 0.29) is 28.9 Å². The first-order chi connectivity index (χ1) is 9.79. The minimum atomic E-state index is -3.27. The van der Waals surface area contributed by atoms with Crippen LogP contribution in [0.15, 0.2) is 18.2 Å². The molecular formula is C13H17ClN2O4S. The van der Waals surface area contributed by atoms with E-state index in [1.54, 1.807) is 6.07 Å². The Bertz CT molecular complexity index is 627. The number of hydrogen-bond acceptors (Lipinski definition) is 4. The molecule has 1 aromatic rings. The number of carbonyl (C=O) groups is 1. The Morgan fingerprint density at radius 3 is 2.81 bits per heavy atom. The summed E-state index contributed by atoms with van der Waals surface area (Å²) in [7, 11) is -3.27. The van der Waals surface area contributed by atoms with Gasteiger partial charge in [-0.05, 0) is 25.0 Å². The number of aromatic hydroxyl groups is 1. The Morgan fingerprint density at radius 1 is 1.48 bits per heavy atom. The van der Waals surface area contributed by atoms with Gasteiger partial charge in [0.05, 0.1) is 16.8 Å². The molecule has 0 radical (unpaired) electrons. The van der Waals surface area contributed by atoms with Gasteiger partial charge >= 0.3 is 0 Å². The maximum Gasteiger partial charge on any atom is 0.256 e. The topological polar surface area (TPSA) is 86.7 Å². The molecule has 0 spiro atoms. The predicted molar refractivity (Wildman–Crippen MR) is 80.0 cm³/mol. The van der Waals surface area contributed by atoms with E-state index in [0.29, 0.717) is 19.4 Å². The Kier molecular flexibility index (Phi) is 4.75. The summed E-state index contributed by atoms with van der Waals surface area (Å²) < 4.78 is 24.4. The fourth-order valence-electron chi connectivity index (χ4n) is 2.36. The van der Waals surface area contributed by atoms with Crippen molar-refractivity contribution in [2.75, 3.05) is 19.3 Å². The molecule has 1 saturated heterocycles. The lowest BCUT2D eigenvalue weighted by Gasteiger charge is -2.31. The number of phenolic OH excluding ortho intramolecular Hbond substituents is 1. The van der Waals surface area contributed by atoms with Gasteiger partial charge in [0.1, 0.15) is 5.75 Å². The van der Waals surface area contributed by atoms with Crippen LogP contribution in [-0.4, -0.2) is 49.1 Å². The number of rotatable bonds is 3. The summed E-state index contributed by atoms with van der Waals surface area (Å²) in [4.78, 5) is 12.2. The zero-order valence-corrected chi connectivity index (χ0v) is 13.1. The molecule has 1 fully saturated rings. The van der Waals surface area contributed by atoms with Gasteiger partial charge in [-0.15, -0.1) is 0 Å². The van der Waals surface area contributed by atoms with Crippen LogP contribution in [0, 0.1) is 0 Å². The summed E-state index contributed by atoms with van der Waals surface area (Å²) in [6, 6.07) is 4.14. The Morgan fingerprint density at radius 2 is 2.19 bits per heavy atom. The lowest BCUT2D eigenvalue weighted by molar-refractivity contribution is 0.0919. The van der Waals surface area contributed by atoms with E-state index in [1.807, 2.05) is 0 Å². The van der Waals surface area contributed by atoms with Crippen molar-refractivity contribution in [2.24, 2.45) is 0 Å². The molecule has 21 heavy (non-hydrogen) atoms. The van der Waals surface area contributed by atoms with Gasteiger partial charge in [0.25, 0.3) is 5.91 Å². The summed E-state index contributed by atoms with van der Waals surface area (Å²) >= 11 is 5.92. The van der Waals surface area contributed by atoms with Crippen LogP contribution < -0.4 is 5.32 Å². The first kappa shape index (κ1) is 16.1. The molecule has 1 aliphatic heterocycles. The van der Waals surface area contributed by atoms with Crippen molar-refractivity contribution in [2.45, 2.75) is 18.9 Å². The van der Waals surface area contributed by atoms with Gasteiger partial charge in [0, 0.05) is 19.1 Å². The zero-order valence-electron chi connectivity index (χ0n) is 11.5. The molecule has 1 aliphatic rings. The highest BCUT2D eigenvalue weighted by molar-refractivity contribution is 7.88. The van der Waals surface area contributed by atoms with E-state index >= 15 is 0 Å². The average Bonchev–Trinajstić information content (AvgIpc) is 2.37. The number of piperidine rings is 1. The summed E-state index contributed by atoms with van der Waals surface area (Å²) in [5.74, 6) is -0.700. The lowest BCUT2D eigenvalue weighted by atomic mass is 10.1. The molecule has 116 valence electrons. The standard InChI is InChI=1S/C13H17ClN2O4S/c1-21(19,20)16-7-3-4-9(8-16)15-13(18)12-10(14)5-2-6-11(12)17/h2,5-6,9,17H,3-4,7-8H2,1H3,(H,15,18)/t9-/m1/s1. The van der Waals surface area contributed by atoms with Gasteiger partial charge in [-0.2, -0.15) is 0 Å². The minimum absolute atomic E-state index is 0.00986. The highest BCUT2D eigenvalue weighted by Gasteiger charge is 2.28. The van der Waals surface area contributed by atoms with Crippen LogP contribution in [0.1, 0.15) is 23.2 Å². The van der Waals surface area contributed by atoms with Crippen LogP contribution in [0.3, 0.4) is 0 Å². The van der Waals surface area contributed by atoms with Crippen molar-refractivity contribution in [3.05, 3.63) is 28.8 Å². The van der Waals surface area contributed by atoms with Crippen molar-refractivity contribution in [1.29, 1.82) is 0 Å². The molecule has 0 saturated carbocycles. The largest absolute Gasteiger partial charge is 0.507 e. The van der Waals surface area contributed by atoms with Crippen LogP contribution in [0.5, 0.6) is 5.75 Å². The van der Waals surface area contributed by atoms with Gasteiger partial charge in [-0.3, -0.25) is 4.79 Å². The van der Waals surface area contributed by atoms with E-state index in [2.05, 4.69) is 5.32 Å². The third-order valence-corrected chi connectivity index (χ3v) is 4.99. The van der Waals surface area contributed by atoms with Crippen molar-refractivity contribution in [3.63, 3.8) is 0 Å². The smallest absolute Gasteiger partial charge is 0.256 e. The fourth-order valence-corrected chi connectivity index (χ4v) is 3.52. The van der Waals surface area contributed by atoms with Crippen LogP contribution in [-0.2, 0) is 10.0 Å². The van der Waals surface area contributed by atoms with E-state index in [4.69, 9.17) is 11.6 Å². The maximum atomic E-state index is 12.2. The molecule has 2 rings (SSSR count). The van der Waals surface area contributed by atoms with Gasteiger partial charge in [-0.25, -0.2) is 12.7 Å². The Labute approximate surface area is 128 Å². The van der Waals surface area contributed by atoms with Crippen molar-refractivity contribution >= 4 is 27.5 Å². The van der Waals surface area contributed by atoms with Crippen LogP contribution in [0.25, 0.3) is 0 Å². The highest BCUT2D eigenvalue weighted by atomic mass is 35.5. The summed E-state index contributed by atoms with van der Waals surface area (Å²) in [5, 5.41) is 12.6. The van der Waals surface area contributed by atoms with Gasteiger partial charge in [-0.1, -0.05) is 17.7 Å². The van der Waals surface area contributed by atoms with Crippen molar-refractivity contribution in [3.8, 4) is 5.75 Å². The number of nitrogens with zero attached hydrogens (tertiary/aromatic N) is 1. The molecule has 1 heterocycles. The highest BCUT2D eigenvalue weighted by Crippen LogP contribution is 2.25. The molecule has 0 bridgehead atoms. The molecule has 0 unspecified atom stereocenters. The number of sulfonamides is 1. The molecule has 1 aromatic carbocycles. The second kappa shape index (κ2) is 6.21. The monoisotopic (exact) mass is 332 g/mol. The molecule has 0 aromatic heterocycles. The fraction of sp³-hybridized carbons (Fsp3) is 0.462. The first-order valence-electron chi connectivity index (χ1n) is 6.52. The third-order valence-electron chi connectivity index (χ3n) is 3.41. The lowest BCUT2D eigenvalue weighted by Crippen LogP contribution is -2.49. The van der Waals surface area contributed by atoms with Crippen LogP contribution in [0.4, 0.5) is 0 Å². The molecule has 1 amide bonds. The Hall–Kier alpha value is -1.31. The summed E-state index contributed by atoms with van der Waals surface area (Å²) in [6.07, 6.45) is 2.51. The third kappa shape index (κ3) is 3.87. The van der Waals surface area contributed by atoms with E-state index in [1.165, 1.54) is 16.4 Å². The zero-order chi connectivity index (χ0) is 15.6. The van der Waals surface area contributed by atoms with Gasteiger partial charge in [0.2, 0.25) is 10.0 Å². The maximum absolute atomic E-state index is 12.2. The van der Waals surface area contributed by atoms with E-state index < -0.39 is 15.9 Å². The molecule has 8 heteroatoms. The number of carbonyl (C=O) groups excluding carboxylic acids is 1. The van der Waals surface area contributed by atoms with Gasteiger partial charge in [0.15, 0.2) is 0 Å². The van der Waals surface area contributed by atoms with Crippen LogP contribution in [0.2, 0.25) is 5.02 Å². The molecule has 2 N–H and O–H groups in total. The number of amides is 1. The summed E-state index contributed by atoms with van der Waals surface area (Å²) in [5.41, 5.74) is 0.00986. The number of phenols is 1. The number of benzene rings is 1. The van der Waals surface area contributed by atoms with Crippen LogP contribution >= 0.6 is 11.6 Å². The first-order valence-corrected chi connectivity index (χ1v) is 8.75. The van der Waals surface area contributed by atoms with Crippen molar-refractivity contribution < 1.29 is 18.3 Å². The SMILES string of the molecule is CS(=O)(=O)N1CCC[C@@H](NC(=O)c2c(O)cccc2Cl)C1. The molecular weight excluding hydrogens is 316 g/mol. The normalized spacial score (nSPS) is 20.2. The number of hydrogen-bond donors (Lipinski definition) is 2.